The van der Waals surface area contributed by atoms with Gasteiger partial charge in [-0.2, -0.15) is 0 Å². The molecule has 0 aromatic carbocycles. The summed E-state index contributed by atoms with van der Waals surface area (Å²) in [6.07, 6.45) is 7.64. The molecule has 1 aliphatic carbocycles. The molecule has 0 bridgehead atoms. The first-order chi connectivity index (χ1) is 8.28. The Bertz CT molecular complexity index is 342. The minimum Gasteiger partial charge on any atom is -0.305 e. The van der Waals surface area contributed by atoms with Gasteiger partial charge >= 0.3 is 0 Å². The van der Waals surface area contributed by atoms with Crippen molar-refractivity contribution in [1.29, 1.82) is 0 Å². The minimum atomic E-state index is 0.205. The van der Waals surface area contributed by atoms with E-state index in [-0.39, 0.29) is 5.54 Å². The van der Waals surface area contributed by atoms with Crippen molar-refractivity contribution in [3.05, 3.63) is 21.9 Å². The van der Waals surface area contributed by atoms with Crippen LogP contribution >= 0.6 is 22.9 Å². The molecule has 1 aliphatic rings. The monoisotopic (exact) mass is 271 g/mol. The van der Waals surface area contributed by atoms with Crippen molar-refractivity contribution in [3.63, 3.8) is 0 Å². The quantitative estimate of drug-likeness (QED) is 0.786. The fraction of sp³-hybridized carbons (Fsp3) is 0.714. The largest absolute Gasteiger partial charge is 0.305 e. The Kier molecular flexibility index (Phi) is 4.89. The molecular weight excluding hydrogens is 250 g/mol. The van der Waals surface area contributed by atoms with Gasteiger partial charge in [-0.1, -0.05) is 26.2 Å². The van der Waals surface area contributed by atoms with E-state index in [0.29, 0.717) is 0 Å². The Labute approximate surface area is 114 Å². The van der Waals surface area contributed by atoms with Crippen LogP contribution in [0, 0.1) is 0 Å². The Morgan fingerprint density at radius 1 is 1.24 bits per heavy atom. The number of alkyl halides is 1. The van der Waals surface area contributed by atoms with E-state index in [2.05, 4.69) is 24.4 Å². The zero-order valence-corrected chi connectivity index (χ0v) is 12.2. The average molecular weight is 272 g/mol. The van der Waals surface area contributed by atoms with Gasteiger partial charge in [0.25, 0.3) is 0 Å². The van der Waals surface area contributed by atoms with Crippen molar-refractivity contribution in [2.45, 2.75) is 57.5 Å². The number of hydrogen-bond acceptors (Lipinski definition) is 2. The molecule has 1 fully saturated rings. The van der Waals surface area contributed by atoms with E-state index < -0.39 is 0 Å². The van der Waals surface area contributed by atoms with Gasteiger partial charge in [0.15, 0.2) is 0 Å². The van der Waals surface area contributed by atoms with Gasteiger partial charge in [0.1, 0.15) is 0 Å². The predicted octanol–water partition coefficient (Wildman–Crippen LogP) is 4.34. The first-order valence-corrected chi connectivity index (χ1v) is 8.02. The molecule has 96 valence electrons. The Morgan fingerprint density at radius 2 is 1.94 bits per heavy atom. The number of nitrogens with one attached hydrogen (secondary N) is 1. The summed E-state index contributed by atoms with van der Waals surface area (Å²) in [5.41, 5.74) is 0.205. The molecule has 1 aromatic rings. The van der Waals surface area contributed by atoms with Gasteiger partial charge in [0.05, 0.1) is 0 Å². The molecule has 17 heavy (non-hydrogen) atoms. The highest BCUT2D eigenvalue weighted by Gasteiger charge is 2.30. The van der Waals surface area contributed by atoms with Gasteiger partial charge in [-0.3, -0.25) is 0 Å². The molecule has 0 aliphatic heterocycles. The number of rotatable bonds is 5. The van der Waals surface area contributed by atoms with Gasteiger partial charge in [-0.15, -0.1) is 22.9 Å². The van der Waals surface area contributed by atoms with Crippen molar-refractivity contribution >= 4 is 22.9 Å². The molecule has 1 N–H and O–H groups in total. The molecule has 1 nitrogen and oxygen atoms in total. The van der Waals surface area contributed by atoms with Crippen LogP contribution < -0.4 is 5.32 Å². The molecule has 0 amide bonds. The van der Waals surface area contributed by atoms with Crippen LogP contribution in [0.5, 0.6) is 0 Å². The van der Waals surface area contributed by atoms with Crippen molar-refractivity contribution in [2.75, 3.05) is 5.88 Å². The van der Waals surface area contributed by atoms with Gasteiger partial charge in [0.2, 0.25) is 0 Å². The lowest BCUT2D eigenvalue weighted by atomic mass is 9.83. The average Bonchev–Trinajstić information content (AvgIpc) is 2.85. The molecule has 1 aromatic heterocycles. The van der Waals surface area contributed by atoms with E-state index in [4.69, 9.17) is 11.6 Å². The first kappa shape index (κ1) is 13.4. The van der Waals surface area contributed by atoms with E-state index in [9.17, 15) is 0 Å². The molecule has 1 saturated carbocycles. The van der Waals surface area contributed by atoms with Crippen LogP contribution in [0.15, 0.2) is 12.1 Å². The normalized spacial score (nSPS) is 19.4. The second-order valence-electron chi connectivity index (χ2n) is 5.05. The summed E-state index contributed by atoms with van der Waals surface area (Å²) in [4.78, 5) is 2.92. The molecule has 0 atom stereocenters. The highest BCUT2D eigenvalue weighted by atomic mass is 35.5. The smallest absolute Gasteiger partial charge is 0.0406 e. The number of thiophene rings is 1. The lowest BCUT2D eigenvalue weighted by Crippen LogP contribution is -2.47. The highest BCUT2D eigenvalue weighted by molar-refractivity contribution is 7.11. The Hall–Kier alpha value is -0.0500. The second kappa shape index (κ2) is 6.21. The van der Waals surface area contributed by atoms with E-state index in [1.165, 1.54) is 41.9 Å². The maximum Gasteiger partial charge on any atom is 0.0406 e. The van der Waals surface area contributed by atoms with E-state index in [0.717, 1.165) is 18.8 Å². The van der Waals surface area contributed by atoms with Gasteiger partial charge in [-0.25, -0.2) is 0 Å². The second-order valence-corrected chi connectivity index (χ2v) is 6.57. The minimum absolute atomic E-state index is 0.205. The molecule has 0 radical (unpaired) electrons. The van der Waals surface area contributed by atoms with Crippen LogP contribution in [0.2, 0.25) is 0 Å². The lowest BCUT2D eigenvalue weighted by molar-refractivity contribution is 0.257. The number of halogens is 1. The lowest BCUT2D eigenvalue weighted by Gasteiger charge is -2.36. The fourth-order valence-corrected chi connectivity index (χ4v) is 3.83. The van der Waals surface area contributed by atoms with Gasteiger partial charge in [-0.05, 0) is 31.4 Å². The van der Waals surface area contributed by atoms with Crippen molar-refractivity contribution in [2.24, 2.45) is 0 Å². The highest BCUT2D eigenvalue weighted by Crippen LogP contribution is 2.30. The van der Waals surface area contributed by atoms with Crippen LogP contribution in [-0.2, 0) is 13.0 Å². The molecule has 3 heteroatoms. The summed E-state index contributed by atoms with van der Waals surface area (Å²) in [6.45, 7) is 3.20. The topological polar surface area (TPSA) is 12.0 Å². The van der Waals surface area contributed by atoms with Crippen LogP contribution in [-0.4, -0.2) is 11.4 Å². The van der Waals surface area contributed by atoms with Gasteiger partial charge < -0.3 is 5.32 Å². The molecule has 0 saturated heterocycles. The maximum atomic E-state index is 6.18. The predicted molar refractivity (Wildman–Crippen MR) is 77.1 cm³/mol. The summed E-state index contributed by atoms with van der Waals surface area (Å²) in [6, 6.07) is 4.50. The standard InChI is InChI=1S/C14H22ClNS/c1-2-12-6-7-13(17-12)10-16-14(11-15)8-4-3-5-9-14/h6-7,16H,2-5,8-11H2,1H3. The third-order valence-corrected chi connectivity index (χ3v) is 5.51. The summed E-state index contributed by atoms with van der Waals surface area (Å²) in [5, 5.41) is 3.72. The fourth-order valence-electron chi connectivity index (χ4n) is 2.57. The summed E-state index contributed by atoms with van der Waals surface area (Å²) in [7, 11) is 0. The summed E-state index contributed by atoms with van der Waals surface area (Å²) >= 11 is 8.10. The zero-order chi connectivity index (χ0) is 12.1. The van der Waals surface area contributed by atoms with Crippen LogP contribution in [0.3, 0.4) is 0 Å². The molecule has 0 spiro atoms. The number of aryl methyl sites for hydroxylation is 1. The third-order valence-electron chi connectivity index (χ3n) is 3.77. The van der Waals surface area contributed by atoms with Crippen LogP contribution in [0.4, 0.5) is 0 Å². The maximum absolute atomic E-state index is 6.18. The Balaban J connectivity index is 1.90. The Morgan fingerprint density at radius 3 is 2.53 bits per heavy atom. The first-order valence-electron chi connectivity index (χ1n) is 6.66. The summed E-state index contributed by atoms with van der Waals surface area (Å²) in [5.74, 6) is 0.749. The van der Waals surface area contributed by atoms with E-state index >= 15 is 0 Å². The molecule has 2 rings (SSSR count). The van der Waals surface area contributed by atoms with Crippen LogP contribution in [0.25, 0.3) is 0 Å². The van der Waals surface area contributed by atoms with Crippen molar-refractivity contribution < 1.29 is 0 Å². The van der Waals surface area contributed by atoms with E-state index in [1.807, 2.05) is 11.3 Å². The van der Waals surface area contributed by atoms with E-state index in [1.54, 1.807) is 0 Å². The molecule has 0 unspecified atom stereocenters. The van der Waals surface area contributed by atoms with Gasteiger partial charge in [0, 0.05) is 27.7 Å². The van der Waals surface area contributed by atoms with Crippen LogP contribution in [0.1, 0.15) is 48.8 Å². The van der Waals surface area contributed by atoms with Crippen molar-refractivity contribution in [3.8, 4) is 0 Å². The SMILES string of the molecule is CCc1ccc(CNC2(CCl)CCCCC2)s1. The summed E-state index contributed by atoms with van der Waals surface area (Å²) < 4.78 is 0. The number of hydrogen-bond donors (Lipinski definition) is 1. The molecule has 1 heterocycles. The zero-order valence-electron chi connectivity index (χ0n) is 10.6. The third kappa shape index (κ3) is 3.46. The molecular formula is C14H22ClNS. The van der Waals surface area contributed by atoms with Crippen molar-refractivity contribution in [1.82, 2.24) is 5.32 Å².